The third kappa shape index (κ3) is 6.67. The topological polar surface area (TPSA) is 8.81 Å². The largest absolute Gasteiger partial charge is 0.258 e. The highest BCUT2D eigenvalue weighted by Crippen LogP contribution is 2.13. The molecular formula is C19H37N2+. The van der Waals surface area contributed by atoms with Gasteiger partial charge in [0.15, 0.2) is 0 Å². The van der Waals surface area contributed by atoms with Gasteiger partial charge in [-0.1, -0.05) is 59.8 Å². The molecule has 2 nitrogen and oxygen atoms in total. The molecule has 0 radical (unpaired) electrons. The minimum absolute atomic E-state index is 0.613. The van der Waals surface area contributed by atoms with Crippen LogP contribution in [0, 0.1) is 0 Å². The molecule has 0 aliphatic rings. The van der Waals surface area contributed by atoms with Crippen molar-refractivity contribution in [2.45, 2.75) is 104 Å². The molecule has 0 N–H and O–H groups in total. The second-order valence-electron chi connectivity index (χ2n) is 6.67. The van der Waals surface area contributed by atoms with Crippen molar-refractivity contribution in [2.75, 3.05) is 0 Å². The Morgan fingerprint density at radius 1 is 0.905 bits per heavy atom. The van der Waals surface area contributed by atoms with E-state index in [-0.39, 0.29) is 0 Å². The minimum atomic E-state index is 0.613. The van der Waals surface area contributed by atoms with Crippen molar-refractivity contribution in [2.24, 2.45) is 0 Å². The van der Waals surface area contributed by atoms with Crippen LogP contribution in [0.1, 0.15) is 97.2 Å². The highest BCUT2D eigenvalue weighted by Gasteiger charge is 2.19. The Hall–Kier alpha value is -0.790. The third-order valence-electron chi connectivity index (χ3n) is 4.29. The van der Waals surface area contributed by atoms with Gasteiger partial charge >= 0.3 is 0 Å². The second kappa shape index (κ2) is 10.9. The summed E-state index contributed by atoms with van der Waals surface area (Å²) in [6.07, 6.45) is 16.8. The van der Waals surface area contributed by atoms with E-state index < -0.39 is 0 Å². The van der Waals surface area contributed by atoms with Crippen LogP contribution in [0.3, 0.4) is 0 Å². The molecule has 1 aromatic rings. The molecule has 0 amide bonds. The molecular weight excluding hydrogens is 256 g/mol. The normalized spacial score (nSPS) is 11.5. The van der Waals surface area contributed by atoms with Gasteiger partial charge < -0.3 is 0 Å². The molecule has 0 aliphatic carbocycles. The van der Waals surface area contributed by atoms with E-state index in [1.165, 1.54) is 76.7 Å². The monoisotopic (exact) mass is 293 g/mol. The van der Waals surface area contributed by atoms with E-state index >= 15 is 0 Å². The molecule has 0 spiro atoms. The van der Waals surface area contributed by atoms with Gasteiger partial charge in [-0.2, -0.15) is 0 Å². The first kappa shape index (κ1) is 18.3. The van der Waals surface area contributed by atoms with Crippen LogP contribution in [0.2, 0.25) is 0 Å². The lowest BCUT2D eigenvalue weighted by Gasteiger charge is -2.08. The van der Waals surface area contributed by atoms with E-state index in [0.29, 0.717) is 5.92 Å². The summed E-state index contributed by atoms with van der Waals surface area (Å²) in [5, 5.41) is 0. The number of imidazole rings is 1. The van der Waals surface area contributed by atoms with Gasteiger partial charge in [-0.05, 0) is 25.7 Å². The molecule has 1 aromatic heterocycles. The first-order chi connectivity index (χ1) is 10.2. The van der Waals surface area contributed by atoms with E-state index in [1.54, 1.807) is 0 Å². The number of hydrogen-bond donors (Lipinski definition) is 0. The predicted octanol–water partition coefficient (Wildman–Crippen LogP) is 5.45. The van der Waals surface area contributed by atoms with E-state index in [9.17, 15) is 0 Å². The molecule has 0 unspecified atom stereocenters. The Balaban J connectivity index is 2.49. The van der Waals surface area contributed by atoms with Crippen molar-refractivity contribution in [3.8, 4) is 0 Å². The molecule has 2 heteroatoms. The van der Waals surface area contributed by atoms with Crippen molar-refractivity contribution in [3.63, 3.8) is 0 Å². The maximum atomic E-state index is 2.50. The van der Waals surface area contributed by atoms with Crippen LogP contribution in [0.25, 0.3) is 0 Å². The van der Waals surface area contributed by atoms with Crippen molar-refractivity contribution < 1.29 is 4.57 Å². The van der Waals surface area contributed by atoms with Gasteiger partial charge in [0.05, 0.1) is 19.0 Å². The Bertz CT molecular complexity index is 366. The summed E-state index contributed by atoms with van der Waals surface area (Å²) in [6, 6.07) is 0. The molecule has 0 saturated heterocycles. The molecule has 122 valence electrons. The summed E-state index contributed by atoms with van der Waals surface area (Å²) < 4.78 is 4.99. The first-order valence-electron chi connectivity index (χ1n) is 9.29. The highest BCUT2D eigenvalue weighted by molar-refractivity contribution is 4.89. The van der Waals surface area contributed by atoms with Crippen LogP contribution >= 0.6 is 0 Å². The van der Waals surface area contributed by atoms with Gasteiger partial charge in [-0.3, -0.25) is 0 Å². The average molecular weight is 294 g/mol. The Morgan fingerprint density at radius 2 is 1.52 bits per heavy atom. The fourth-order valence-electron chi connectivity index (χ4n) is 3.11. The number of nitrogens with zero attached hydrogens (tertiary/aromatic N) is 2. The number of unbranched alkanes of at least 4 members (excludes halogenated alkanes) is 7. The van der Waals surface area contributed by atoms with Gasteiger partial charge in [0.1, 0.15) is 12.4 Å². The summed E-state index contributed by atoms with van der Waals surface area (Å²) in [5.41, 5.74) is 0. The van der Waals surface area contributed by atoms with Gasteiger partial charge in [-0.25, -0.2) is 9.13 Å². The fraction of sp³-hybridized carbons (Fsp3) is 0.842. The first-order valence-corrected chi connectivity index (χ1v) is 9.29. The lowest BCUT2D eigenvalue weighted by molar-refractivity contribution is -0.705. The second-order valence-corrected chi connectivity index (χ2v) is 6.67. The molecule has 0 atom stereocenters. The molecule has 1 heterocycles. The van der Waals surface area contributed by atoms with Crippen molar-refractivity contribution in [1.29, 1.82) is 0 Å². The van der Waals surface area contributed by atoms with Crippen LogP contribution in [0.15, 0.2) is 12.4 Å². The quantitative estimate of drug-likeness (QED) is 0.358. The molecule has 0 fully saturated rings. The number of aryl methyl sites for hydroxylation is 2. The van der Waals surface area contributed by atoms with Gasteiger partial charge in [0, 0.05) is 0 Å². The van der Waals surface area contributed by atoms with Crippen molar-refractivity contribution >= 4 is 0 Å². The van der Waals surface area contributed by atoms with Crippen molar-refractivity contribution in [1.82, 2.24) is 4.57 Å². The van der Waals surface area contributed by atoms with Gasteiger partial charge in [0.2, 0.25) is 0 Å². The SMILES string of the molecule is CCCCCCCn1cc[n+](CCCCCC)c1C(C)C. The zero-order valence-electron chi connectivity index (χ0n) is 14.9. The number of rotatable bonds is 12. The Kier molecular flexibility index (Phi) is 9.45. The smallest absolute Gasteiger partial charge is 0.234 e. The Labute approximate surface area is 132 Å². The van der Waals surface area contributed by atoms with E-state index in [1.807, 2.05) is 0 Å². The number of aromatic nitrogens is 2. The lowest BCUT2D eigenvalue weighted by atomic mass is 10.1. The van der Waals surface area contributed by atoms with Gasteiger partial charge in [-0.15, -0.1) is 0 Å². The molecule has 0 bridgehead atoms. The summed E-state index contributed by atoms with van der Waals surface area (Å²) in [6.45, 7) is 11.6. The van der Waals surface area contributed by atoms with Gasteiger partial charge in [0.25, 0.3) is 5.82 Å². The van der Waals surface area contributed by atoms with Crippen LogP contribution < -0.4 is 4.57 Å². The molecule has 0 aromatic carbocycles. The van der Waals surface area contributed by atoms with E-state index in [0.717, 1.165) is 0 Å². The third-order valence-corrected chi connectivity index (χ3v) is 4.29. The van der Waals surface area contributed by atoms with E-state index in [4.69, 9.17) is 0 Å². The van der Waals surface area contributed by atoms with Crippen molar-refractivity contribution in [3.05, 3.63) is 18.2 Å². The predicted molar refractivity (Wildman–Crippen MR) is 91.6 cm³/mol. The molecule has 21 heavy (non-hydrogen) atoms. The average Bonchev–Trinajstić information content (AvgIpc) is 2.86. The zero-order chi connectivity index (χ0) is 15.5. The minimum Gasteiger partial charge on any atom is -0.234 e. The maximum Gasteiger partial charge on any atom is 0.258 e. The van der Waals surface area contributed by atoms with Crippen LogP contribution in [0.5, 0.6) is 0 Å². The lowest BCUT2D eigenvalue weighted by Crippen LogP contribution is -2.38. The van der Waals surface area contributed by atoms with E-state index in [2.05, 4.69) is 49.2 Å². The summed E-state index contributed by atoms with van der Waals surface area (Å²) >= 11 is 0. The Morgan fingerprint density at radius 3 is 2.14 bits per heavy atom. The maximum absolute atomic E-state index is 2.50. The molecule has 0 aliphatic heterocycles. The highest BCUT2D eigenvalue weighted by atomic mass is 15.1. The van der Waals surface area contributed by atoms with Crippen LogP contribution in [-0.4, -0.2) is 4.57 Å². The van der Waals surface area contributed by atoms with Crippen LogP contribution in [0.4, 0.5) is 0 Å². The fourth-order valence-corrected chi connectivity index (χ4v) is 3.11. The number of hydrogen-bond acceptors (Lipinski definition) is 0. The standard InChI is InChI=1S/C19H37N2/c1-5-7-9-11-13-15-21-17-16-20(19(21)18(3)4)14-12-10-8-6-2/h16-18H,5-15H2,1-4H3/q+1. The molecule has 0 saturated carbocycles. The summed E-state index contributed by atoms with van der Waals surface area (Å²) in [4.78, 5) is 0. The van der Waals surface area contributed by atoms with Crippen LogP contribution in [-0.2, 0) is 13.1 Å². The molecule has 1 rings (SSSR count). The summed E-state index contributed by atoms with van der Waals surface area (Å²) in [7, 11) is 0. The summed E-state index contributed by atoms with van der Waals surface area (Å²) in [5.74, 6) is 2.13. The zero-order valence-corrected chi connectivity index (χ0v) is 14.9.